The van der Waals surface area contributed by atoms with Gasteiger partial charge in [-0.3, -0.25) is 9.59 Å². The number of carboxylic acid groups (broad SMARTS) is 1. The minimum absolute atomic E-state index is 0.205. The zero-order valence-electron chi connectivity index (χ0n) is 14.0. The lowest BCUT2D eigenvalue weighted by Gasteiger charge is -2.17. The van der Waals surface area contributed by atoms with Crippen LogP contribution in [-0.4, -0.2) is 39.2 Å². The molecule has 2 atom stereocenters. The second kappa shape index (κ2) is 7.26. The van der Waals surface area contributed by atoms with E-state index in [2.05, 4.69) is 10.3 Å². The lowest BCUT2D eigenvalue weighted by Crippen LogP contribution is -2.40. The molecule has 0 saturated carbocycles. The third kappa shape index (κ3) is 3.66. The summed E-state index contributed by atoms with van der Waals surface area (Å²) in [6.07, 6.45) is 5.38. The summed E-state index contributed by atoms with van der Waals surface area (Å²) >= 11 is 0. The first-order valence-electron chi connectivity index (χ1n) is 8.11. The molecule has 0 fully saturated rings. The van der Waals surface area contributed by atoms with Crippen molar-refractivity contribution < 1.29 is 24.5 Å². The van der Waals surface area contributed by atoms with E-state index in [1.54, 1.807) is 6.08 Å². The molecule has 1 heterocycles. The van der Waals surface area contributed by atoms with Crippen molar-refractivity contribution in [2.24, 2.45) is 0 Å². The predicted molar refractivity (Wildman–Crippen MR) is 94.1 cm³/mol. The van der Waals surface area contributed by atoms with Gasteiger partial charge in [-0.05, 0) is 25.1 Å². The van der Waals surface area contributed by atoms with E-state index in [4.69, 9.17) is 9.84 Å². The smallest absolute Gasteiger partial charge is 0.325 e. The SMILES string of the molecule is CC(NC(=O)c1ncc2c(c1O)=CCC(Oc1ccccc1)C=2)C(=O)O. The Morgan fingerprint density at radius 1 is 1.31 bits per heavy atom. The van der Waals surface area contributed by atoms with Gasteiger partial charge in [0.25, 0.3) is 5.91 Å². The Hall–Kier alpha value is -3.35. The van der Waals surface area contributed by atoms with Crippen LogP contribution in [0.2, 0.25) is 0 Å². The number of aromatic nitrogens is 1. The summed E-state index contributed by atoms with van der Waals surface area (Å²) in [6.45, 7) is 1.33. The Balaban J connectivity index is 1.85. The van der Waals surface area contributed by atoms with Gasteiger partial charge in [-0.2, -0.15) is 0 Å². The number of carbonyl (C=O) groups excluding carboxylic acids is 1. The van der Waals surface area contributed by atoms with Gasteiger partial charge in [0.1, 0.15) is 17.9 Å². The number of amides is 1. The molecule has 26 heavy (non-hydrogen) atoms. The number of nitrogens with one attached hydrogen (secondary N) is 1. The van der Waals surface area contributed by atoms with Crippen LogP contribution in [0.15, 0.2) is 36.5 Å². The third-order valence-corrected chi connectivity index (χ3v) is 4.01. The second-order valence-electron chi connectivity index (χ2n) is 5.93. The second-order valence-corrected chi connectivity index (χ2v) is 5.93. The van der Waals surface area contributed by atoms with Crippen LogP contribution in [0.4, 0.5) is 0 Å². The summed E-state index contributed by atoms with van der Waals surface area (Å²) < 4.78 is 5.87. The van der Waals surface area contributed by atoms with E-state index >= 15 is 0 Å². The Kier molecular flexibility index (Phi) is 4.88. The Labute approximate surface area is 149 Å². The first-order valence-corrected chi connectivity index (χ1v) is 8.11. The maximum absolute atomic E-state index is 12.1. The van der Waals surface area contributed by atoms with Crippen LogP contribution < -0.4 is 20.5 Å². The number of carboxylic acids is 1. The molecule has 2 unspecified atom stereocenters. The third-order valence-electron chi connectivity index (χ3n) is 4.01. The van der Waals surface area contributed by atoms with Gasteiger partial charge in [-0.1, -0.05) is 24.3 Å². The van der Waals surface area contributed by atoms with Crippen LogP contribution in [0.1, 0.15) is 23.8 Å². The average Bonchev–Trinajstić information content (AvgIpc) is 2.62. The number of fused-ring (bicyclic) bond motifs is 1. The van der Waals surface area contributed by atoms with Gasteiger partial charge in [0.2, 0.25) is 0 Å². The molecule has 1 aromatic heterocycles. The fourth-order valence-electron chi connectivity index (χ4n) is 2.63. The number of pyridine rings is 1. The Bertz CT molecular complexity index is 956. The summed E-state index contributed by atoms with van der Waals surface area (Å²) in [5.74, 6) is -1.44. The number of aromatic hydroxyl groups is 1. The highest BCUT2D eigenvalue weighted by molar-refractivity contribution is 5.97. The molecule has 7 nitrogen and oxygen atoms in total. The van der Waals surface area contributed by atoms with Crippen LogP contribution in [-0.2, 0) is 4.79 Å². The summed E-state index contributed by atoms with van der Waals surface area (Å²) in [5, 5.41) is 22.6. The Morgan fingerprint density at radius 2 is 2.04 bits per heavy atom. The van der Waals surface area contributed by atoms with Gasteiger partial charge in [-0.15, -0.1) is 0 Å². The number of nitrogens with zero attached hydrogens (tertiary/aromatic N) is 1. The molecule has 0 bridgehead atoms. The van der Waals surface area contributed by atoms with E-state index in [1.807, 2.05) is 36.4 Å². The number of aliphatic carboxylic acids is 1. The van der Waals surface area contributed by atoms with E-state index < -0.39 is 17.9 Å². The van der Waals surface area contributed by atoms with Crippen molar-refractivity contribution in [3.8, 4) is 11.5 Å². The van der Waals surface area contributed by atoms with Crippen LogP contribution in [0.25, 0.3) is 12.2 Å². The van der Waals surface area contributed by atoms with Crippen molar-refractivity contribution in [3.63, 3.8) is 0 Å². The molecule has 0 spiro atoms. The molecular formula is C19H18N2O5. The first-order chi connectivity index (χ1) is 12.5. The van der Waals surface area contributed by atoms with Crippen molar-refractivity contribution in [3.05, 3.63) is 52.7 Å². The molecule has 3 N–H and O–H groups in total. The number of para-hydroxylation sites is 1. The molecule has 134 valence electrons. The summed E-state index contributed by atoms with van der Waals surface area (Å²) in [6, 6.07) is 8.29. The topological polar surface area (TPSA) is 109 Å². The molecule has 1 aliphatic carbocycles. The van der Waals surface area contributed by atoms with Gasteiger partial charge in [0, 0.05) is 23.1 Å². The highest BCUT2D eigenvalue weighted by Gasteiger charge is 2.21. The molecule has 3 rings (SSSR count). The van der Waals surface area contributed by atoms with Gasteiger partial charge in [-0.25, -0.2) is 4.98 Å². The summed E-state index contributed by atoms with van der Waals surface area (Å²) in [7, 11) is 0. The number of carbonyl (C=O) groups is 2. The average molecular weight is 354 g/mol. The van der Waals surface area contributed by atoms with Crippen molar-refractivity contribution in [1.82, 2.24) is 10.3 Å². The van der Waals surface area contributed by atoms with E-state index in [9.17, 15) is 14.7 Å². The molecule has 1 aromatic carbocycles. The largest absolute Gasteiger partial charge is 0.505 e. The van der Waals surface area contributed by atoms with E-state index in [0.717, 1.165) is 5.75 Å². The molecule has 7 heteroatoms. The molecule has 1 amide bonds. The molecule has 0 aliphatic heterocycles. The zero-order chi connectivity index (χ0) is 18.7. The molecule has 1 aliphatic rings. The normalized spacial score (nSPS) is 16.4. The van der Waals surface area contributed by atoms with Crippen molar-refractivity contribution >= 4 is 24.0 Å². The minimum atomic E-state index is -1.17. The molecule has 2 aromatic rings. The maximum atomic E-state index is 12.1. The van der Waals surface area contributed by atoms with Crippen LogP contribution in [0.3, 0.4) is 0 Å². The standard InChI is InChI=1S/C19H18N2O5/c1-11(19(24)25)21-18(23)16-17(22)15-8-7-14(9-12(15)10-20-16)26-13-5-3-2-4-6-13/h2-6,8-11,14,22H,7H2,1H3,(H,21,23)(H,24,25). The Morgan fingerprint density at radius 3 is 2.73 bits per heavy atom. The van der Waals surface area contributed by atoms with Crippen molar-refractivity contribution in [2.45, 2.75) is 25.5 Å². The fourth-order valence-corrected chi connectivity index (χ4v) is 2.63. The lowest BCUT2D eigenvalue weighted by atomic mass is 10.1. The predicted octanol–water partition coefficient (Wildman–Crippen LogP) is 0.402. The first kappa shape index (κ1) is 17.5. The quantitative estimate of drug-likeness (QED) is 0.717. The molecule has 0 saturated heterocycles. The van der Waals surface area contributed by atoms with E-state index in [0.29, 0.717) is 16.9 Å². The zero-order valence-corrected chi connectivity index (χ0v) is 14.0. The van der Waals surface area contributed by atoms with E-state index in [-0.39, 0.29) is 17.5 Å². The highest BCUT2D eigenvalue weighted by atomic mass is 16.5. The molecule has 0 radical (unpaired) electrons. The minimum Gasteiger partial charge on any atom is -0.505 e. The number of rotatable bonds is 5. The van der Waals surface area contributed by atoms with Crippen molar-refractivity contribution in [1.29, 1.82) is 0 Å². The lowest BCUT2D eigenvalue weighted by molar-refractivity contribution is -0.138. The number of hydrogen-bond acceptors (Lipinski definition) is 5. The summed E-state index contributed by atoms with van der Waals surface area (Å²) in [5.41, 5.74) is -0.205. The van der Waals surface area contributed by atoms with Crippen LogP contribution in [0.5, 0.6) is 11.5 Å². The van der Waals surface area contributed by atoms with E-state index in [1.165, 1.54) is 13.1 Å². The maximum Gasteiger partial charge on any atom is 0.325 e. The fraction of sp³-hybridized carbons (Fsp3) is 0.211. The van der Waals surface area contributed by atoms with Gasteiger partial charge >= 0.3 is 5.97 Å². The number of ether oxygens (including phenoxy) is 1. The number of benzene rings is 1. The molecular weight excluding hydrogens is 336 g/mol. The summed E-state index contributed by atoms with van der Waals surface area (Å²) in [4.78, 5) is 27.0. The monoisotopic (exact) mass is 354 g/mol. The van der Waals surface area contributed by atoms with Gasteiger partial charge in [0.05, 0.1) is 0 Å². The van der Waals surface area contributed by atoms with Crippen LogP contribution in [0, 0.1) is 0 Å². The van der Waals surface area contributed by atoms with Gasteiger partial charge in [0.15, 0.2) is 11.4 Å². The highest BCUT2D eigenvalue weighted by Crippen LogP contribution is 2.15. The van der Waals surface area contributed by atoms with Crippen LogP contribution >= 0.6 is 0 Å². The van der Waals surface area contributed by atoms with Crippen molar-refractivity contribution in [2.75, 3.05) is 0 Å². The van der Waals surface area contributed by atoms with Gasteiger partial charge < -0.3 is 20.3 Å². The number of hydrogen-bond donors (Lipinski definition) is 3.